The summed E-state index contributed by atoms with van der Waals surface area (Å²) in [6.45, 7) is 4.83. The normalized spacial score (nSPS) is 20.4. The third kappa shape index (κ3) is 3.02. The molecule has 0 bridgehead atoms. The lowest BCUT2D eigenvalue weighted by Gasteiger charge is -2.31. The summed E-state index contributed by atoms with van der Waals surface area (Å²) < 4.78 is 5.46. The Balaban J connectivity index is 2.12. The first-order chi connectivity index (χ1) is 8.78. The summed E-state index contributed by atoms with van der Waals surface area (Å²) in [4.78, 5) is 8.36. The van der Waals surface area contributed by atoms with Crippen LogP contribution in [-0.4, -0.2) is 31.3 Å². The van der Waals surface area contributed by atoms with Gasteiger partial charge in [0.25, 0.3) is 0 Å². The molecule has 1 aliphatic rings. The van der Waals surface area contributed by atoms with Crippen LogP contribution >= 0.6 is 11.3 Å². The number of anilines is 1. The summed E-state index contributed by atoms with van der Waals surface area (Å²) in [6.07, 6.45) is 4.84. The molecule has 2 heterocycles. The molecule has 1 fully saturated rings. The molecule has 0 saturated carbocycles. The molecule has 0 aromatic carbocycles. The molecule has 0 radical (unpaired) electrons. The van der Waals surface area contributed by atoms with Gasteiger partial charge in [0, 0.05) is 31.6 Å². The fraction of sp³-hybridized carbons (Fsp3) is 0.769. The van der Waals surface area contributed by atoms with E-state index in [1.54, 1.807) is 18.4 Å². The number of ether oxygens (including phenoxy) is 1. The average Bonchev–Trinajstić information content (AvgIpc) is 2.82. The van der Waals surface area contributed by atoms with Crippen molar-refractivity contribution in [2.45, 2.75) is 45.3 Å². The Bertz CT molecular complexity index is 380. The molecule has 1 unspecified atom stereocenters. The lowest BCUT2D eigenvalue weighted by atomic mass is 10.1. The molecule has 5 heteroatoms. The molecule has 1 saturated heterocycles. The minimum Gasteiger partial charge on any atom is -0.380 e. The average molecular weight is 269 g/mol. The van der Waals surface area contributed by atoms with Crippen molar-refractivity contribution in [1.29, 1.82) is 0 Å². The van der Waals surface area contributed by atoms with E-state index in [1.807, 2.05) is 0 Å². The van der Waals surface area contributed by atoms with Gasteiger partial charge < -0.3 is 15.4 Å². The molecule has 1 atom stereocenters. The summed E-state index contributed by atoms with van der Waals surface area (Å²) in [5, 5.41) is 1.13. The number of piperidine rings is 1. The minimum atomic E-state index is 0.346. The van der Waals surface area contributed by atoms with E-state index < -0.39 is 0 Å². The zero-order valence-corrected chi connectivity index (χ0v) is 12.1. The Morgan fingerprint density at radius 2 is 2.39 bits per heavy atom. The van der Waals surface area contributed by atoms with Crippen LogP contribution in [0.5, 0.6) is 0 Å². The summed E-state index contributed by atoms with van der Waals surface area (Å²) >= 11 is 1.75. The molecule has 2 N–H and O–H groups in total. The monoisotopic (exact) mass is 269 g/mol. The molecular weight excluding hydrogens is 246 g/mol. The lowest BCUT2D eigenvalue weighted by molar-refractivity contribution is 0.0893. The molecule has 102 valence electrons. The van der Waals surface area contributed by atoms with Crippen LogP contribution in [0.4, 0.5) is 5.13 Å². The molecule has 2 rings (SSSR count). The Kier molecular flexibility index (Phi) is 4.97. The van der Waals surface area contributed by atoms with Crippen LogP contribution in [0.2, 0.25) is 0 Å². The topological polar surface area (TPSA) is 51.4 Å². The van der Waals surface area contributed by atoms with E-state index in [2.05, 4.69) is 11.8 Å². The summed E-state index contributed by atoms with van der Waals surface area (Å²) in [7, 11) is 1.80. The zero-order valence-electron chi connectivity index (χ0n) is 11.3. The summed E-state index contributed by atoms with van der Waals surface area (Å²) in [6, 6.07) is 0. The predicted molar refractivity (Wildman–Crippen MR) is 76.2 cm³/mol. The van der Waals surface area contributed by atoms with E-state index in [1.165, 1.54) is 17.0 Å². The maximum atomic E-state index is 5.80. The van der Waals surface area contributed by atoms with Crippen LogP contribution in [-0.2, 0) is 17.7 Å². The highest BCUT2D eigenvalue weighted by molar-refractivity contribution is 7.15. The fourth-order valence-corrected chi connectivity index (χ4v) is 3.42. The van der Waals surface area contributed by atoms with E-state index >= 15 is 0 Å². The zero-order chi connectivity index (χ0) is 13.0. The Morgan fingerprint density at radius 1 is 1.56 bits per heavy atom. The van der Waals surface area contributed by atoms with Crippen LogP contribution < -0.4 is 10.6 Å². The number of nitrogens with two attached hydrogens (primary N) is 1. The molecule has 1 aliphatic heterocycles. The largest absolute Gasteiger partial charge is 0.380 e. The number of hydrogen-bond donors (Lipinski definition) is 1. The van der Waals surface area contributed by atoms with Crippen molar-refractivity contribution in [3.05, 3.63) is 10.6 Å². The number of methoxy groups -OCH3 is 1. The Hall–Kier alpha value is -0.650. The Morgan fingerprint density at radius 3 is 3.06 bits per heavy atom. The summed E-state index contributed by atoms with van der Waals surface area (Å²) in [5.41, 5.74) is 7.00. The van der Waals surface area contributed by atoms with Crippen molar-refractivity contribution in [3.8, 4) is 0 Å². The highest BCUT2D eigenvalue weighted by atomic mass is 32.1. The number of rotatable bonds is 5. The first-order valence-electron chi connectivity index (χ1n) is 6.74. The standard InChI is InChI=1S/C13H23N3OS/c1-3-5-11-12(8-14)18-13(15-11)16-7-4-6-10(9-16)17-2/h10H,3-9,14H2,1-2H3. The first-order valence-corrected chi connectivity index (χ1v) is 7.56. The van der Waals surface area contributed by atoms with Crippen LogP contribution in [0.15, 0.2) is 0 Å². The maximum Gasteiger partial charge on any atom is 0.185 e. The number of nitrogens with zero attached hydrogens (tertiary/aromatic N) is 2. The van der Waals surface area contributed by atoms with Gasteiger partial charge in [0.05, 0.1) is 11.8 Å². The highest BCUT2D eigenvalue weighted by Crippen LogP contribution is 2.29. The van der Waals surface area contributed by atoms with Crippen LogP contribution in [0, 0.1) is 0 Å². The second-order valence-electron chi connectivity index (χ2n) is 4.77. The van der Waals surface area contributed by atoms with Crippen LogP contribution in [0.1, 0.15) is 36.8 Å². The van der Waals surface area contributed by atoms with Crippen molar-refractivity contribution in [2.24, 2.45) is 5.73 Å². The van der Waals surface area contributed by atoms with Crippen molar-refractivity contribution in [1.82, 2.24) is 4.98 Å². The molecule has 18 heavy (non-hydrogen) atoms. The molecule has 0 aliphatic carbocycles. The van der Waals surface area contributed by atoms with Gasteiger partial charge in [-0.1, -0.05) is 13.3 Å². The third-order valence-corrected chi connectivity index (χ3v) is 4.60. The number of hydrogen-bond acceptors (Lipinski definition) is 5. The molecule has 4 nitrogen and oxygen atoms in total. The molecule has 0 amide bonds. The van der Waals surface area contributed by atoms with Crippen LogP contribution in [0.3, 0.4) is 0 Å². The SMILES string of the molecule is CCCc1nc(N2CCCC(OC)C2)sc1CN. The fourth-order valence-electron chi connectivity index (χ4n) is 2.40. The van der Waals surface area contributed by atoms with E-state index in [-0.39, 0.29) is 0 Å². The smallest absolute Gasteiger partial charge is 0.185 e. The quantitative estimate of drug-likeness (QED) is 0.890. The molecule has 1 aromatic heterocycles. The van der Waals surface area contributed by atoms with Gasteiger partial charge in [0.1, 0.15) is 0 Å². The second-order valence-corrected chi connectivity index (χ2v) is 5.83. The lowest BCUT2D eigenvalue weighted by Crippen LogP contribution is -2.39. The van der Waals surface area contributed by atoms with Gasteiger partial charge in [0.2, 0.25) is 0 Å². The third-order valence-electron chi connectivity index (χ3n) is 3.42. The van der Waals surface area contributed by atoms with Crippen molar-refractivity contribution < 1.29 is 4.74 Å². The van der Waals surface area contributed by atoms with E-state index in [0.29, 0.717) is 12.6 Å². The minimum absolute atomic E-state index is 0.346. The number of aromatic nitrogens is 1. The molecule has 1 aromatic rings. The Labute approximate surface area is 113 Å². The van der Waals surface area contributed by atoms with Gasteiger partial charge in [-0.25, -0.2) is 4.98 Å². The van der Waals surface area contributed by atoms with E-state index in [9.17, 15) is 0 Å². The van der Waals surface area contributed by atoms with Gasteiger partial charge in [-0.05, 0) is 19.3 Å². The van der Waals surface area contributed by atoms with E-state index in [0.717, 1.165) is 37.5 Å². The van der Waals surface area contributed by atoms with Gasteiger partial charge in [-0.3, -0.25) is 0 Å². The van der Waals surface area contributed by atoms with Gasteiger partial charge >= 0.3 is 0 Å². The predicted octanol–water partition coefficient (Wildman–Crippen LogP) is 2.17. The van der Waals surface area contributed by atoms with Gasteiger partial charge in [-0.15, -0.1) is 11.3 Å². The first kappa shape index (κ1) is 13.8. The molecule has 0 spiro atoms. The second kappa shape index (κ2) is 6.50. The van der Waals surface area contributed by atoms with Gasteiger partial charge in [0.15, 0.2) is 5.13 Å². The maximum absolute atomic E-state index is 5.80. The molecular formula is C13H23N3OS. The van der Waals surface area contributed by atoms with Crippen molar-refractivity contribution >= 4 is 16.5 Å². The van der Waals surface area contributed by atoms with Crippen LogP contribution in [0.25, 0.3) is 0 Å². The van der Waals surface area contributed by atoms with Crippen molar-refractivity contribution in [3.63, 3.8) is 0 Å². The van der Waals surface area contributed by atoms with E-state index in [4.69, 9.17) is 15.5 Å². The van der Waals surface area contributed by atoms with Gasteiger partial charge in [-0.2, -0.15) is 0 Å². The number of thiazole rings is 1. The highest BCUT2D eigenvalue weighted by Gasteiger charge is 2.22. The summed E-state index contributed by atoms with van der Waals surface area (Å²) in [5.74, 6) is 0. The number of aryl methyl sites for hydroxylation is 1. The van der Waals surface area contributed by atoms with Crippen molar-refractivity contribution in [2.75, 3.05) is 25.1 Å².